The number of carbonyl (C=O) groups excluding carboxylic acids is 1. The number of hydrogen-bond acceptors (Lipinski definition) is 6. The maximum Gasteiger partial charge on any atom is 0.288 e. The zero-order chi connectivity index (χ0) is 19.6. The highest BCUT2D eigenvalue weighted by Gasteiger charge is 2.07. The number of anilines is 1. The quantitative estimate of drug-likeness (QED) is 0.394. The number of ether oxygens (including phenoxy) is 2. The zero-order valence-electron chi connectivity index (χ0n) is 14.6. The Morgan fingerprint density at radius 3 is 2.48 bits per heavy atom. The zero-order valence-corrected chi connectivity index (χ0v) is 15.5. The summed E-state index contributed by atoms with van der Waals surface area (Å²) in [6, 6.07) is 11.3. The number of carbonyl (C=O) groups is 1. The molecule has 2 rings (SSSR count). The fourth-order valence-electron chi connectivity index (χ4n) is 2.04. The molecule has 144 valence electrons. The molecule has 0 unspecified atom stereocenters. The molecule has 0 aliphatic rings. The van der Waals surface area contributed by atoms with Gasteiger partial charge in [-0.25, -0.2) is 0 Å². The number of methoxy groups -OCH3 is 2. The van der Waals surface area contributed by atoms with Crippen molar-refractivity contribution in [3.63, 3.8) is 0 Å². The maximum absolute atomic E-state index is 12.3. The second-order valence-electron chi connectivity index (χ2n) is 5.07. The lowest BCUT2D eigenvalue weighted by molar-refractivity contribution is -0.120. The van der Waals surface area contributed by atoms with E-state index in [4.69, 9.17) is 14.3 Å². The standard InChI is InChI=1S/C18H18F2N2O4S/c1-24-15-8-3-12(9-16(15)25-2)10-21-26-11-17(23)22-13-4-6-14(7-5-13)27-18(19)20/h3-10,18H,11H2,1-2H3,(H,22,23)/b21-10+. The van der Waals surface area contributed by atoms with E-state index in [1.807, 2.05) is 0 Å². The van der Waals surface area contributed by atoms with Crippen molar-refractivity contribution in [1.29, 1.82) is 0 Å². The molecular weight excluding hydrogens is 378 g/mol. The van der Waals surface area contributed by atoms with Crippen LogP contribution >= 0.6 is 11.8 Å². The predicted molar refractivity (Wildman–Crippen MR) is 100 cm³/mol. The normalized spacial score (nSPS) is 10.9. The van der Waals surface area contributed by atoms with Crippen LogP contribution in [0.25, 0.3) is 0 Å². The molecule has 0 bridgehead atoms. The van der Waals surface area contributed by atoms with Crippen molar-refractivity contribution < 1.29 is 27.9 Å². The van der Waals surface area contributed by atoms with E-state index in [1.165, 1.54) is 37.6 Å². The van der Waals surface area contributed by atoms with E-state index >= 15 is 0 Å². The van der Waals surface area contributed by atoms with Crippen molar-refractivity contribution in [2.45, 2.75) is 10.7 Å². The molecule has 2 aromatic carbocycles. The number of nitrogens with one attached hydrogen (secondary N) is 1. The molecule has 27 heavy (non-hydrogen) atoms. The van der Waals surface area contributed by atoms with E-state index < -0.39 is 11.7 Å². The summed E-state index contributed by atoms with van der Waals surface area (Å²) in [5.74, 6) is -1.77. The lowest BCUT2D eigenvalue weighted by atomic mass is 10.2. The highest BCUT2D eigenvalue weighted by atomic mass is 32.2. The minimum Gasteiger partial charge on any atom is -0.493 e. The Kier molecular flexibility index (Phi) is 7.87. The average molecular weight is 396 g/mol. The Balaban J connectivity index is 1.81. The summed E-state index contributed by atoms with van der Waals surface area (Å²) in [5, 5.41) is 6.32. The van der Waals surface area contributed by atoms with Gasteiger partial charge in [0.15, 0.2) is 18.1 Å². The number of oxime groups is 1. The molecule has 0 radical (unpaired) electrons. The van der Waals surface area contributed by atoms with Gasteiger partial charge in [-0.1, -0.05) is 16.9 Å². The number of thioether (sulfide) groups is 1. The highest BCUT2D eigenvalue weighted by molar-refractivity contribution is 7.99. The number of nitrogens with zero attached hydrogens (tertiary/aromatic N) is 1. The van der Waals surface area contributed by atoms with E-state index in [9.17, 15) is 13.6 Å². The lowest BCUT2D eigenvalue weighted by Crippen LogP contribution is -2.16. The van der Waals surface area contributed by atoms with Gasteiger partial charge < -0.3 is 19.6 Å². The summed E-state index contributed by atoms with van der Waals surface area (Å²) in [6.45, 7) is -0.294. The van der Waals surface area contributed by atoms with Gasteiger partial charge in [0.1, 0.15) is 0 Å². The van der Waals surface area contributed by atoms with Crippen LogP contribution in [-0.2, 0) is 9.63 Å². The van der Waals surface area contributed by atoms with Crippen LogP contribution in [-0.4, -0.2) is 38.7 Å². The number of hydrogen-bond donors (Lipinski definition) is 1. The summed E-state index contributed by atoms with van der Waals surface area (Å²) < 4.78 is 34.8. The molecule has 0 fully saturated rings. The van der Waals surface area contributed by atoms with Crippen molar-refractivity contribution in [2.24, 2.45) is 5.16 Å². The van der Waals surface area contributed by atoms with Gasteiger partial charge >= 0.3 is 0 Å². The van der Waals surface area contributed by atoms with Gasteiger partial charge in [0.05, 0.1) is 20.4 Å². The van der Waals surface area contributed by atoms with Crippen molar-refractivity contribution in [3.8, 4) is 11.5 Å². The summed E-state index contributed by atoms with van der Waals surface area (Å²) in [5.41, 5.74) is 1.19. The number of rotatable bonds is 9. The lowest BCUT2D eigenvalue weighted by Gasteiger charge is -2.07. The summed E-state index contributed by atoms with van der Waals surface area (Å²) in [4.78, 5) is 17.2. The van der Waals surface area contributed by atoms with Gasteiger partial charge in [0, 0.05) is 16.1 Å². The van der Waals surface area contributed by atoms with Crippen LogP contribution in [0.3, 0.4) is 0 Å². The minimum absolute atomic E-state index is 0.294. The molecule has 0 spiro atoms. The van der Waals surface area contributed by atoms with Crippen LogP contribution in [0.2, 0.25) is 0 Å². The monoisotopic (exact) mass is 396 g/mol. The molecule has 0 aromatic heterocycles. The predicted octanol–water partition coefficient (Wildman–Crippen LogP) is 4.01. The van der Waals surface area contributed by atoms with Gasteiger partial charge in [-0.2, -0.15) is 8.78 Å². The van der Waals surface area contributed by atoms with E-state index in [-0.39, 0.29) is 6.61 Å². The second-order valence-corrected chi connectivity index (χ2v) is 6.14. The molecular formula is C18H18F2N2O4S. The van der Waals surface area contributed by atoms with Crippen LogP contribution in [0.4, 0.5) is 14.5 Å². The largest absolute Gasteiger partial charge is 0.493 e. The first kappa shape index (κ1) is 20.5. The smallest absolute Gasteiger partial charge is 0.288 e. The highest BCUT2D eigenvalue weighted by Crippen LogP contribution is 2.27. The van der Waals surface area contributed by atoms with Crippen molar-refractivity contribution in [2.75, 3.05) is 26.1 Å². The topological polar surface area (TPSA) is 69.2 Å². The minimum atomic E-state index is -2.48. The summed E-state index contributed by atoms with van der Waals surface area (Å²) >= 11 is 0.439. The van der Waals surface area contributed by atoms with Gasteiger partial charge in [-0.05, 0) is 42.5 Å². The Morgan fingerprint density at radius 1 is 1.15 bits per heavy atom. The van der Waals surface area contributed by atoms with Crippen molar-refractivity contribution in [3.05, 3.63) is 48.0 Å². The third-order valence-electron chi connectivity index (χ3n) is 3.24. The van der Waals surface area contributed by atoms with Gasteiger partial charge in [0.2, 0.25) is 0 Å². The Bertz CT molecular complexity index is 785. The van der Waals surface area contributed by atoms with Gasteiger partial charge in [-0.3, -0.25) is 4.79 Å². The van der Waals surface area contributed by atoms with Crippen LogP contribution in [0.1, 0.15) is 5.56 Å². The maximum atomic E-state index is 12.3. The second kappa shape index (κ2) is 10.4. The summed E-state index contributed by atoms with van der Waals surface area (Å²) in [7, 11) is 3.07. The molecule has 0 atom stereocenters. The van der Waals surface area contributed by atoms with Gasteiger partial charge in [0.25, 0.3) is 11.7 Å². The molecule has 9 heteroatoms. The fraction of sp³-hybridized carbons (Fsp3) is 0.222. The van der Waals surface area contributed by atoms with Crippen LogP contribution < -0.4 is 14.8 Å². The molecule has 0 saturated carbocycles. The molecule has 0 aliphatic heterocycles. The molecule has 0 heterocycles. The van der Waals surface area contributed by atoms with E-state index in [0.29, 0.717) is 39.4 Å². The van der Waals surface area contributed by atoms with Gasteiger partial charge in [-0.15, -0.1) is 0 Å². The Hall–Kier alpha value is -2.81. The summed E-state index contributed by atoms with van der Waals surface area (Å²) in [6.07, 6.45) is 1.44. The number of halogens is 2. The average Bonchev–Trinajstić information content (AvgIpc) is 2.66. The first-order valence-electron chi connectivity index (χ1n) is 7.74. The molecule has 6 nitrogen and oxygen atoms in total. The van der Waals surface area contributed by atoms with E-state index in [0.717, 1.165) is 0 Å². The third kappa shape index (κ3) is 6.78. The fourth-order valence-corrected chi connectivity index (χ4v) is 2.54. The molecule has 0 saturated heterocycles. The van der Waals surface area contributed by atoms with Crippen molar-refractivity contribution >= 4 is 29.6 Å². The Morgan fingerprint density at radius 2 is 1.85 bits per heavy atom. The molecule has 1 N–H and O–H groups in total. The number of alkyl halides is 2. The van der Waals surface area contributed by atoms with Crippen molar-refractivity contribution in [1.82, 2.24) is 0 Å². The molecule has 2 aromatic rings. The number of amides is 1. The number of benzene rings is 2. The van der Waals surface area contributed by atoms with E-state index in [1.54, 1.807) is 25.3 Å². The van der Waals surface area contributed by atoms with Crippen LogP contribution in [0.15, 0.2) is 52.5 Å². The van der Waals surface area contributed by atoms with Crippen LogP contribution in [0, 0.1) is 0 Å². The van der Waals surface area contributed by atoms with Crippen LogP contribution in [0.5, 0.6) is 11.5 Å². The Labute approximate surface area is 159 Å². The first-order chi connectivity index (χ1) is 13.0. The SMILES string of the molecule is COc1ccc(/C=N/OCC(=O)Nc2ccc(SC(F)F)cc2)cc1OC. The third-order valence-corrected chi connectivity index (χ3v) is 3.97. The first-order valence-corrected chi connectivity index (χ1v) is 8.62. The molecule has 1 amide bonds. The molecule has 0 aliphatic carbocycles. The van der Waals surface area contributed by atoms with E-state index in [2.05, 4.69) is 10.5 Å².